The van der Waals surface area contributed by atoms with Crippen LogP contribution >= 0.6 is 11.6 Å². The number of hydrogen-bond acceptors (Lipinski definition) is 5. The van der Waals surface area contributed by atoms with E-state index in [0.717, 1.165) is 0 Å². The summed E-state index contributed by atoms with van der Waals surface area (Å²) in [4.78, 5) is 15.5. The minimum atomic E-state index is -3.93. The number of ether oxygens (including phenoxy) is 1. The Balaban J connectivity index is 2.34. The van der Waals surface area contributed by atoms with E-state index in [-0.39, 0.29) is 15.5 Å². The lowest BCUT2D eigenvalue weighted by atomic mass is 10.2. The summed E-state index contributed by atoms with van der Waals surface area (Å²) in [5.74, 6) is -0.643. The van der Waals surface area contributed by atoms with Crippen LogP contribution in [0.5, 0.6) is 0 Å². The molecule has 0 unspecified atom stereocenters. The molecule has 0 amide bonds. The van der Waals surface area contributed by atoms with E-state index in [1.54, 1.807) is 31.3 Å². The molecular formula is C15H15ClN2O4S. The third kappa shape index (κ3) is 4.07. The largest absolute Gasteiger partial charge is 0.465 e. The van der Waals surface area contributed by atoms with Crippen molar-refractivity contribution in [2.75, 3.05) is 7.11 Å². The van der Waals surface area contributed by atoms with Gasteiger partial charge in [0.15, 0.2) is 0 Å². The molecule has 8 heteroatoms. The number of methoxy groups -OCH3 is 1. The fourth-order valence-corrected chi connectivity index (χ4v) is 3.69. The second-order valence-corrected chi connectivity index (χ2v) is 6.82. The lowest BCUT2D eigenvalue weighted by Gasteiger charge is -2.15. The van der Waals surface area contributed by atoms with Gasteiger partial charge in [-0.15, -0.1) is 0 Å². The van der Waals surface area contributed by atoms with Crippen molar-refractivity contribution in [2.24, 2.45) is 0 Å². The first-order chi connectivity index (χ1) is 10.8. The van der Waals surface area contributed by atoms with Gasteiger partial charge in [-0.2, -0.15) is 0 Å². The van der Waals surface area contributed by atoms with Crippen LogP contribution in [0, 0.1) is 0 Å². The van der Waals surface area contributed by atoms with Crippen LogP contribution in [0.1, 0.15) is 29.0 Å². The molecule has 6 nitrogen and oxygen atoms in total. The second-order valence-electron chi connectivity index (χ2n) is 4.73. The number of benzene rings is 1. The maximum atomic E-state index is 12.5. The van der Waals surface area contributed by atoms with E-state index < -0.39 is 22.0 Å². The fraction of sp³-hybridized carbons (Fsp3) is 0.200. The number of hydrogen-bond donors (Lipinski definition) is 1. The van der Waals surface area contributed by atoms with Gasteiger partial charge >= 0.3 is 5.97 Å². The topological polar surface area (TPSA) is 85.4 Å². The van der Waals surface area contributed by atoms with Crippen LogP contribution in [0.3, 0.4) is 0 Å². The van der Waals surface area contributed by atoms with Gasteiger partial charge in [0, 0.05) is 6.20 Å². The first kappa shape index (κ1) is 17.4. The number of carbonyl (C=O) groups is 1. The molecule has 0 aliphatic heterocycles. The summed E-state index contributed by atoms with van der Waals surface area (Å²) in [6, 6.07) is 8.57. The Hall–Kier alpha value is -1.96. The molecule has 1 heterocycles. The zero-order valence-electron chi connectivity index (χ0n) is 12.5. The summed E-state index contributed by atoms with van der Waals surface area (Å²) in [6.07, 6.45) is 1.57. The molecule has 0 spiro atoms. The Kier molecular flexibility index (Phi) is 5.35. The third-order valence-electron chi connectivity index (χ3n) is 3.11. The number of halogens is 1. The number of aromatic nitrogens is 1. The van der Waals surface area contributed by atoms with Crippen molar-refractivity contribution in [3.8, 4) is 0 Å². The highest BCUT2D eigenvalue weighted by molar-refractivity contribution is 7.89. The highest BCUT2D eigenvalue weighted by atomic mass is 35.5. The van der Waals surface area contributed by atoms with Crippen LogP contribution in [0.15, 0.2) is 47.5 Å². The number of carbonyl (C=O) groups excluding carboxylic acids is 1. The molecule has 0 bridgehead atoms. The first-order valence-electron chi connectivity index (χ1n) is 6.66. The van der Waals surface area contributed by atoms with Crippen molar-refractivity contribution in [1.82, 2.24) is 9.71 Å². The molecule has 0 saturated heterocycles. The number of sulfonamides is 1. The predicted octanol–water partition coefficient (Wildman–Crippen LogP) is 2.56. The van der Waals surface area contributed by atoms with Gasteiger partial charge in [0.05, 0.1) is 29.4 Å². The minimum absolute atomic E-state index is 0.0124. The quantitative estimate of drug-likeness (QED) is 0.834. The Labute approximate surface area is 139 Å². The summed E-state index contributed by atoms with van der Waals surface area (Å²) in [5.41, 5.74) is 0.666. The number of pyridine rings is 1. The molecule has 1 atom stereocenters. The lowest BCUT2D eigenvalue weighted by molar-refractivity contribution is 0.0600. The van der Waals surface area contributed by atoms with E-state index >= 15 is 0 Å². The fourth-order valence-electron chi connectivity index (χ4n) is 1.94. The van der Waals surface area contributed by atoms with Crippen molar-refractivity contribution < 1.29 is 17.9 Å². The zero-order chi connectivity index (χ0) is 17.0. The second kappa shape index (κ2) is 7.08. The van der Waals surface area contributed by atoms with Crippen molar-refractivity contribution in [3.05, 3.63) is 58.9 Å². The molecule has 0 fully saturated rings. The van der Waals surface area contributed by atoms with E-state index in [4.69, 9.17) is 11.6 Å². The van der Waals surface area contributed by atoms with E-state index in [2.05, 4.69) is 14.4 Å². The number of esters is 1. The lowest BCUT2D eigenvalue weighted by Crippen LogP contribution is -2.28. The highest BCUT2D eigenvalue weighted by Crippen LogP contribution is 2.24. The molecule has 23 heavy (non-hydrogen) atoms. The molecule has 1 aromatic heterocycles. The van der Waals surface area contributed by atoms with E-state index in [1.807, 2.05) is 0 Å². The zero-order valence-corrected chi connectivity index (χ0v) is 14.1. The molecule has 2 aromatic rings. The predicted molar refractivity (Wildman–Crippen MR) is 85.8 cm³/mol. The maximum absolute atomic E-state index is 12.5. The van der Waals surface area contributed by atoms with Crippen LogP contribution in [0.4, 0.5) is 0 Å². The van der Waals surface area contributed by atoms with Gasteiger partial charge in [0.2, 0.25) is 10.0 Å². The van der Waals surface area contributed by atoms with Gasteiger partial charge in [-0.25, -0.2) is 17.9 Å². The molecule has 1 N–H and O–H groups in total. The summed E-state index contributed by atoms with van der Waals surface area (Å²) >= 11 is 5.97. The molecule has 0 radical (unpaired) electrons. The van der Waals surface area contributed by atoms with Gasteiger partial charge in [0.1, 0.15) is 4.90 Å². The molecule has 0 aliphatic carbocycles. The molecule has 0 aliphatic rings. The smallest absolute Gasteiger partial charge is 0.337 e. The van der Waals surface area contributed by atoms with Crippen LogP contribution in [-0.2, 0) is 14.8 Å². The summed E-state index contributed by atoms with van der Waals surface area (Å²) in [7, 11) is -2.72. The number of nitrogens with zero attached hydrogens (tertiary/aromatic N) is 1. The van der Waals surface area contributed by atoms with Gasteiger partial charge in [-0.1, -0.05) is 17.7 Å². The SMILES string of the molecule is COC(=O)c1ccc(Cl)c(S(=O)(=O)N[C@H](C)c2ccccn2)c1. The molecule has 0 saturated carbocycles. The van der Waals surface area contributed by atoms with E-state index in [1.165, 1.54) is 25.3 Å². The van der Waals surface area contributed by atoms with E-state index in [0.29, 0.717) is 5.69 Å². The minimum Gasteiger partial charge on any atom is -0.465 e. The average Bonchev–Trinajstić information content (AvgIpc) is 2.54. The highest BCUT2D eigenvalue weighted by Gasteiger charge is 2.23. The standard InChI is InChI=1S/C15H15ClN2O4S/c1-10(13-5-3-4-8-17-13)18-23(20,21)14-9-11(15(19)22-2)6-7-12(14)16/h3-10,18H,1-2H3/t10-/m1/s1. The Morgan fingerprint density at radius 1 is 1.30 bits per heavy atom. The number of nitrogens with one attached hydrogen (secondary N) is 1. The molecular weight excluding hydrogens is 340 g/mol. The number of rotatable bonds is 5. The Bertz CT molecular complexity index is 809. The maximum Gasteiger partial charge on any atom is 0.337 e. The summed E-state index contributed by atoms with van der Waals surface area (Å²) in [5, 5.41) is 0.0124. The summed E-state index contributed by atoms with van der Waals surface area (Å²) < 4.78 is 32.1. The van der Waals surface area contributed by atoms with Gasteiger partial charge in [-0.3, -0.25) is 4.98 Å². The van der Waals surface area contributed by atoms with Gasteiger partial charge in [-0.05, 0) is 37.3 Å². The molecule has 122 valence electrons. The van der Waals surface area contributed by atoms with Crippen LogP contribution in [0.25, 0.3) is 0 Å². The normalized spacial score (nSPS) is 12.7. The average molecular weight is 355 g/mol. The van der Waals surface area contributed by atoms with Crippen LogP contribution in [0.2, 0.25) is 5.02 Å². The molecule has 1 aromatic carbocycles. The monoisotopic (exact) mass is 354 g/mol. The van der Waals surface area contributed by atoms with Crippen molar-refractivity contribution in [1.29, 1.82) is 0 Å². The van der Waals surface area contributed by atoms with Crippen molar-refractivity contribution in [3.63, 3.8) is 0 Å². The van der Waals surface area contributed by atoms with Crippen LogP contribution < -0.4 is 4.72 Å². The van der Waals surface area contributed by atoms with Crippen molar-refractivity contribution in [2.45, 2.75) is 17.9 Å². The molecule has 2 rings (SSSR count). The Morgan fingerprint density at radius 3 is 2.65 bits per heavy atom. The van der Waals surface area contributed by atoms with E-state index in [9.17, 15) is 13.2 Å². The summed E-state index contributed by atoms with van der Waals surface area (Å²) in [6.45, 7) is 1.66. The van der Waals surface area contributed by atoms with Crippen molar-refractivity contribution >= 4 is 27.6 Å². The Morgan fingerprint density at radius 2 is 2.04 bits per heavy atom. The first-order valence-corrected chi connectivity index (χ1v) is 8.52. The van der Waals surface area contributed by atoms with Gasteiger partial charge in [0.25, 0.3) is 0 Å². The van der Waals surface area contributed by atoms with Gasteiger partial charge < -0.3 is 4.74 Å². The van der Waals surface area contributed by atoms with Crippen LogP contribution in [-0.4, -0.2) is 26.5 Å². The third-order valence-corrected chi connectivity index (χ3v) is 5.13.